The minimum absolute atomic E-state index is 0.154. The van der Waals surface area contributed by atoms with E-state index in [0.717, 1.165) is 11.1 Å². The molecule has 0 bridgehead atoms. The van der Waals surface area contributed by atoms with Gasteiger partial charge in [0.2, 0.25) is 21.8 Å². The summed E-state index contributed by atoms with van der Waals surface area (Å²) in [6, 6.07) is 21.1. The van der Waals surface area contributed by atoms with Crippen molar-refractivity contribution >= 4 is 15.9 Å². The second-order valence-corrected chi connectivity index (χ2v) is 10.7. The molecule has 1 aliphatic heterocycles. The number of benzene rings is 3. The zero-order valence-corrected chi connectivity index (χ0v) is 21.3. The van der Waals surface area contributed by atoms with Crippen molar-refractivity contribution in [3.63, 3.8) is 0 Å². The molecular weight excluding hydrogens is 492 g/mol. The van der Waals surface area contributed by atoms with E-state index >= 15 is 0 Å². The van der Waals surface area contributed by atoms with Gasteiger partial charge in [-0.05, 0) is 67.6 Å². The molecule has 4 aromatic rings. The zero-order valence-electron chi connectivity index (χ0n) is 20.5. The first kappa shape index (κ1) is 24.7. The zero-order chi connectivity index (χ0) is 26.0. The Balaban J connectivity index is 1.22. The number of nitrogens with zero attached hydrogens (tertiary/aromatic N) is 4. The van der Waals surface area contributed by atoms with Gasteiger partial charge in [0.25, 0.3) is 5.91 Å². The van der Waals surface area contributed by atoms with Gasteiger partial charge in [-0.3, -0.25) is 4.79 Å². The van der Waals surface area contributed by atoms with Crippen LogP contribution in [0.15, 0.2) is 82.1 Å². The molecule has 1 aliphatic rings. The second kappa shape index (κ2) is 10.2. The van der Waals surface area contributed by atoms with Crippen LogP contribution >= 0.6 is 0 Å². The van der Waals surface area contributed by atoms with E-state index in [1.165, 1.54) is 23.5 Å². The number of aryl methyl sites for hydroxylation is 1. The highest BCUT2D eigenvalue weighted by Gasteiger charge is 2.30. The van der Waals surface area contributed by atoms with E-state index in [0.29, 0.717) is 41.7 Å². The maximum atomic E-state index is 13.1. The van der Waals surface area contributed by atoms with Gasteiger partial charge in [-0.2, -0.15) is 4.31 Å². The van der Waals surface area contributed by atoms with Crippen molar-refractivity contribution in [3.8, 4) is 28.7 Å². The fraction of sp³-hybridized carbons (Fsp3) is 0.222. The molecule has 1 amide bonds. The highest BCUT2D eigenvalue weighted by molar-refractivity contribution is 7.89. The summed E-state index contributed by atoms with van der Waals surface area (Å²) in [4.78, 5) is 14.9. The molecule has 3 aromatic carbocycles. The highest BCUT2D eigenvalue weighted by atomic mass is 32.2. The van der Waals surface area contributed by atoms with Crippen molar-refractivity contribution in [1.29, 1.82) is 0 Å². The molecular formula is C27H26N4O5S. The van der Waals surface area contributed by atoms with Crippen LogP contribution in [0.2, 0.25) is 0 Å². The highest BCUT2D eigenvalue weighted by Crippen LogP contribution is 2.25. The molecule has 1 aromatic heterocycles. The number of carbonyl (C=O) groups is 1. The summed E-state index contributed by atoms with van der Waals surface area (Å²) in [5, 5.41) is 8.26. The lowest BCUT2D eigenvalue weighted by Gasteiger charge is -2.34. The minimum Gasteiger partial charge on any atom is -0.497 e. The number of piperazine rings is 1. The van der Waals surface area contributed by atoms with Crippen LogP contribution in [0.5, 0.6) is 5.75 Å². The molecule has 0 aliphatic carbocycles. The predicted molar refractivity (Wildman–Crippen MR) is 138 cm³/mol. The van der Waals surface area contributed by atoms with Gasteiger partial charge in [0, 0.05) is 42.9 Å². The molecule has 10 heteroatoms. The van der Waals surface area contributed by atoms with Gasteiger partial charge in [-0.25, -0.2) is 8.42 Å². The Morgan fingerprint density at radius 1 is 0.811 bits per heavy atom. The Morgan fingerprint density at radius 2 is 1.35 bits per heavy atom. The number of hydrogen-bond acceptors (Lipinski definition) is 7. The summed E-state index contributed by atoms with van der Waals surface area (Å²) in [5.74, 6) is 1.23. The molecule has 1 saturated heterocycles. The Labute approximate surface area is 215 Å². The standard InChI is InChI=1S/C27H26N4O5S/c1-19-3-5-20(6-4-19)25-28-29-26(36-25)21-7-9-22(10-8-21)27(32)30-15-17-31(18-16-30)37(33,34)24-13-11-23(35-2)12-14-24/h3-14H,15-18H2,1-2H3. The second-order valence-electron chi connectivity index (χ2n) is 8.73. The number of carbonyl (C=O) groups excluding carboxylic acids is 1. The van der Waals surface area contributed by atoms with E-state index < -0.39 is 10.0 Å². The van der Waals surface area contributed by atoms with Crippen LogP contribution in [0.1, 0.15) is 15.9 Å². The molecule has 2 heterocycles. The summed E-state index contributed by atoms with van der Waals surface area (Å²) in [7, 11) is -2.11. The SMILES string of the molecule is COc1ccc(S(=O)(=O)N2CCN(C(=O)c3ccc(-c4nnc(-c5ccc(C)cc5)o4)cc3)CC2)cc1. The fourth-order valence-corrected chi connectivity index (χ4v) is 5.54. The molecule has 0 unspecified atom stereocenters. The van der Waals surface area contributed by atoms with Crippen LogP contribution in [0.3, 0.4) is 0 Å². The fourth-order valence-electron chi connectivity index (χ4n) is 4.12. The maximum absolute atomic E-state index is 13.1. The average Bonchev–Trinajstić information content (AvgIpc) is 3.44. The Bertz CT molecular complexity index is 1490. The minimum atomic E-state index is -3.64. The number of amides is 1. The lowest BCUT2D eigenvalue weighted by Crippen LogP contribution is -2.50. The third kappa shape index (κ3) is 5.11. The molecule has 190 valence electrons. The summed E-state index contributed by atoms with van der Waals surface area (Å²) >= 11 is 0. The molecule has 9 nitrogen and oxygen atoms in total. The number of sulfonamides is 1. The Kier molecular flexibility index (Phi) is 6.77. The van der Waals surface area contributed by atoms with Crippen molar-refractivity contribution in [2.45, 2.75) is 11.8 Å². The topological polar surface area (TPSA) is 106 Å². The molecule has 5 rings (SSSR count). The van der Waals surface area contributed by atoms with Gasteiger partial charge in [-0.1, -0.05) is 17.7 Å². The normalized spacial score (nSPS) is 14.5. The first-order valence-electron chi connectivity index (χ1n) is 11.8. The van der Waals surface area contributed by atoms with E-state index in [1.54, 1.807) is 41.3 Å². The molecule has 0 atom stereocenters. The first-order chi connectivity index (χ1) is 17.8. The quantitative estimate of drug-likeness (QED) is 0.382. The third-order valence-corrected chi connectivity index (χ3v) is 8.24. The number of methoxy groups -OCH3 is 1. The molecule has 0 N–H and O–H groups in total. The number of ether oxygens (including phenoxy) is 1. The van der Waals surface area contributed by atoms with Crippen LogP contribution in [0.25, 0.3) is 22.9 Å². The van der Waals surface area contributed by atoms with Crippen LogP contribution in [0.4, 0.5) is 0 Å². The summed E-state index contributed by atoms with van der Waals surface area (Å²) in [6.07, 6.45) is 0. The lowest BCUT2D eigenvalue weighted by molar-refractivity contribution is 0.0698. The Morgan fingerprint density at radius 3 is 1.89 bits per heavy atom. The molecule has 0 saturated carbocycles. The van der Waals surface area contributed by atoms with Crippen molar-refractivity contribution in [1.82, 2.24) is 19.4 Å². The van der Waals surface area contributed by atoms with Crippen LogP contribution in [-0.2, 0) is 10.0 Å². The van der Waals surface area contributed by atoms with Crippen molar-refractivity contribution in [2.75, 3.05) is 33.3 Å². The molecule has 1 fully saturated rings. The van der Waals surface area contributed by atoms with Gasteiger partial charge >= 0.3 is 0 Å². The summed E-state index contributed by atoms with van der Waals surface area (Å²) in [5.41, 5.74) is 3.19. The third-order valence-electron chi connectivity index (χ3n) is 6.33. The largest absolute Gasteiger partial charge is 0.497 e. The van der Waals surface area contributed by atoms with E-state index in [9.17, 15) is 13.2 Å². The van der Waals surface area contributed by atoms with E-state index in [2.05, 4.69) is 10.2 Å². The van der Waals surface area contributed by atoms with Crippen LogP contribution in [0, 0.1) is 6.92 Å². The van der Waals surface area contributed by atoms with Crippen molar-refractivity contribution in [3.05, 3.63) is 83.9 Å². The van der Waals surface area contributed by atoms with Gasteiger partial charge < -0.3 is 14.1 Å². The summed E-state index contributed by atoms with van der Waals surface area (Å²) < 4.78 is 38.3. The van der Waals surface area contributed by atoms with Gasteiger partial charge in [0.05, 0.1) is 12.0 Å². The predicted octanol–water partition coefficient (Wildman–Crippen LogP) is 3.87. The van der Waals surface area contributed by atoms with Crippen LogP contribution < -0.4 is 4.74 Å². The van der Waals surface area contributed by atoms with Crippen molar-refractivity contribution in [2.24, 2.45) is 0 Å². The lowest BCUT2D eigenvalue weighted by atomic mass is 10.1. The van der Waals surface area contributed by atoms with Crippen LogP contribution in [-0.4, -0.2) is 67.0 Å². The van der Waals surface area contributed by atoms with E-state index in [-0.39, 0.29) is 23.9 Å². The maximum Gasteiger partial charge on any atom is 0.253 e. The summed E-state index contributed by atoms with van der Waals surface area (Å²) in [6.45, 7) is 3.07. The number of aromatic nitrogens is 2. The van der Waals surface area contributed by atoms with E-state index in [1.807, 2.05) is 31.2 Å². The van der Waals surface area contributed by atoms with Gasteiger partial charge in [0.1, 0.15) is 5.75 Å². The molecule has 37 heavy (non-hydrogen) atoms. The van der Waals surface area contributed by atoms with E-state index in [4.69, 9.17) is 9.15 Å². The molecule has 0 radical (unpaired) electrons. The van der Waals surface area contributed by atoms with Gasteiger partial charge in [0.15, 0.2) is 0 Å². The smallest absolute Gasteiger partial charge is 0.253 e. The monoisotopic (exact) mass is 518 g/mol. The number of hydrogen-bond donors (Lipinski definition) is 0. The average molecular weight is 519 g/mol. The molecule has 0 spiro atoms. The first-order valence-corrected chi connectivity index (χ1v) is 13.2. The van der Waals surface area contributed by atoms with Crippen molar-refractivity contribution < 1.29 is 22.4 Å². The van der Waals surface area contributed by atoms with Gasteiger partial charge in [-0.15, -0.1) is 10.2 Å². The number of rotatable bonds is 6. The Hall–Kier alpha value is -4.02.